The zero-order chi connectivity index (χ0) is 14.4. The molecular formula is C15H16N4O. The number of hydrogen-bond acceptors (Lipinski definition) is 5. The van der Waals surface area contributed by atoms with E-state index in [-0.39, 0.29) is 6.54 Å². The molecule has 102 valence electrons. The third-order valence-corrected chi connectivity index (χ3v) is 2.97. The van der Waals surface area contributed by atoms with Crippen molar-refractivity contribution >= 4 is 5.95 Å². The second-order valence-corrected chi connectivity index (χ2v) is 4.19. The van der Waals surface area contributed by atoms with Crippen molar-refractivity contribution in [2.75, 3.05) is 19.0 Å². The number of benzene rings is 1. The Hall–Kier alpha value is -2.61. The van der Waals surface area contributed by atoms with Gasteiger partial charge in [-0.15, -0.1) is 0 Å². The molecule has 2 aromatic rings. The third kappa shape index (κ3) is 3.04. The molecule has 1 N–H and O–H groups in total. The Labute approximate surface area is 118 Å². The van der Waals surface area contributed by atoms with Crippen LogP contribution in [0.5, 0.6) is 5.75 Å². The first-order valence-corrected chi connectivity index (χ1v) is 6.38. The van der Waals surface area contributed by atoms with Crippen LogP contribution in [-0.4, -0.2) is 23.6 Å². The van der Waals surface area contributed by atoms with Crippen LogP contribution in [0.25, 0.3) is 11.1 Å². The van der Waals surface area contributed by atoms with E-state index in [1.165, 1.54) is 0 Å². The fraction of sp³-hybridized carbons (Fsp3) is 0.267. The van der Waals surface area contributed by atoms with Gasteiger partial charge in [0.05, 0.1) is 13.2 Å². The number of nitriles is 1. The van der Waals surface area contributed by atoms with Crippen molar-refractivity contribution in [1.82, 2.24) is 9.97 Å². The minimum atomic E-state index is 0.196. The van der Waals surface area contributed by atoms with E-state index in [4.69, 9.17) is 10.00 Å². The summed E-state index contributed by atoms with van der Waals surface area (Å²) in [7, 11) is 1.67. The predicted octanol–water partition coefficient (Wildman–Crippen LogP) is 2.65. The summed E-state index contributed by atoms with van der Waals surface area (Å²) in [6.07, 6.45) is 4.39. The molecule has 0 amide bonds. The summed E-state index contributed by atoms with van der Waals surface area (Å²) in [5.41, 5.74) is 3.14. The van der Waals surface area contributed by atoms with Crippen LogP contribution < -0.4 is 10.1 Å². The highest BCUT2D eigenvalue weighted by Crippen LogP contribution is 2.26. The highest BCUT2D eigenvalue weighted by Gasteiger charge is 2.05. The number of methoxy groups -OCH3 is 1. The predicted molar refractivity (Wildman–Crippen MR) is 77.5 cm³/mol. The van der Waals surface area contributed by atoms with Gasteiger partial charge in [0.2, 0.25) is 5.95 Å². The minimum Gasteiger partial charge on any atom is -0.496 e. The van der Waals surface area contributed by atoms with Crippen LogP contribution in [0.4, 0.5) is 5.95 Å². The summed E-state index contributed by atoms with van der Waals surface area (Å²) >= 11 is 0. The number of hydrogen-bond donors (Lipinski definition) is 1. The first-order valence-electron chi connectivity index (χ1n) is 6.38. The largest absolute Gasteiger partial charge is 0.496 e. The molecule has 0 spiro atoms. The summed E-state index contributed by atoms with van der Waals surface area (Å²) in [6, 6.07) is 8.01. The van der Waals surface area contributed by atoms with Gasteiger partial charge in [0.1, 0.15) is 12.3 Å². The maximum absolute atomic E-state index is 8.49. The van der Waals surface area contributed by atoms with Crippen molar-refractivity contribution in [3.63, 3.8) is 0 Å². The second kappa shape index (κ2) is 6.53. The topological polar surface area (TPSA) is 70.8 Å². The van der Waals surface area contributed by atoms with Crippen LogP contribution in [0.1, 0.15) is 12.5 Å². The van der Waals surface area contributed by atoms with Crippen molar-refractivity contribution in [1.29, 1.82) is 5.26 Å². The fourth-order valence-corrected chi connectivity index (χ4v) is 1.92. The zero-order valence-electron chi connectivity index (χ0n) is 11.6. The van der Waals surface area contributed by atoms with E-state index in [9.17, 15) is 0 Å². The maximum atomic E-state index is 8.49. The quantitative estimate of drug-likeness (QED) is 0.844. The number of aromatic nitrogens is 2. The molecule has 0 unspecified atom stereocenters. The van der Waals surface area contributed by atoms with Gasteiger partial charge >= 0.3 is 0 Å². The van der Waals surface area contributed by atoms with Gasteiger partial charge in [-0.25, -0.2) is 9.97 Å². The molecule has 5 heteroatoms. The average Bonchev–Trinajstić information content (AvgIpc) is 2.52. The monoisotopic (exact) mass is 268 g/mol. The summed E-state index contributed by atoms with van der Waals surface area (Å²) < 4.78 is 5.32. The number of rotatable bonds is 5. The molecule has 1 heterocycles. The number of nitrogens with zero attached hydrogens (tertiary/aromatic N) is 3. The van der Waals surface area contributed by atoms with Gasteiger partial charge in [-0.3, -0.25) is 0 Å². The highest BCUT2D eigenvalue weighted by molar-refractivity contribution is 5.64. The van der Waals surface area contributed by atoms with Crippen molar-refractivity contribution in [3.05, 3.63) is 36.2 Å². The summed E-state index contributed by atoms with van der Waals surface area (Å²) in [5, 5.41) is 11.3. The lowest BCUT2D eigenvalue weighted by atomic mass is 10.0. The summed E-state index contributed by atoms with van der Waals surface area (Å²) in [4.78, 5) is 8.37. The van der Waals surface area contributed by atoms with Gasteiger partial charge in [0.15, 0.2) is 0 Å². The Kier molecular flexibility index (Phi) is 4.51. The van der Waals surface area contributed by atoms with Gasteiger partial charge in [-0.1, -0.05) is 13.0 Å². The molecule has 0 saturated carbocycles. The van der Waals surface area contributed by atoms with Crippen molar-refractivity contribution in [3.8, 4) is 22.9 Å². The lowest BCUT2D eigenvalue weighted by Crippen LogP contribution is -2.02. The SMILES string of the molecule is CCc1cc(-c2cnc(NCC#N)nc2)ccc1OC. The molecule has 2 rings (SSSR count). The van der Waals surface area contributed by atoms with Crippen LogP contribution >= 0.6 is 0 Å². The highest BCUT2D eigenvalue weighted by atomic mass is 16.5. The molecule has 0 fully saturated rings. The average molecular weight is 268 g/mol. The normalized spacial score (nSPS) is 9.85. The first kappa shape index (κ1) is 13.8. The van der Waals surface area contributed by atoms with Crippen LogP contribution in [-0.2, 0) is 6.42 Å². The number of anilines is 1. The molecule has 0 aliphatic carbocycles. The maximum Gasteiger partial charge on any atom is 0.223 e. The first-order chi connectivity index (χ1) is 9.78. The van der Waals surface area contributed by atoms with E-state index in [1.807, 2.05) is 18.2 Å². The molecular weight excluding hydrogens is 252 g/mol. The molecule has 0 radical (unpaired) electrons. The Balaban J connectivity index is 2.25. The van der Waals surface area contributed by atoms with E-state index in [2.05, 4.69) is 28.3 Å². The van der Waals surface area contributed by atoms with Crippen LogP contribution in [0, 0.1) is 11.3 Å². The molecule has 1 aromatic carbocycles. The molecule has 5 nitrogen and oxygen atoms in total. The third-order valence-electron chi connectivity index (χ3n) is 2.97. The van der Waals surface area contributed by atoms with Gasteiger partial charge in [-0.2, -0.15) is 5.26 Å². The fourth-order valence-electron chi connectivity index (χ4n) is 1.92. The second-order valence-electron chi connectivity index (χ2n) is 4.19. The van der Waals surface area contributed by atoms with Crippen LogP contribution in [0.2, 0.25) is 0 Å². The van der Waals surface area contributed by atoms with Crippen molar-refractivity contribution < 1.29 is 4.74 Å². The van der Waals surface area contributed by atoms with E-state index in [0.29, 0.717) is 5.95 Å². The molecule has 0 aliphatic rings. The van der Waals surface area contributed by atoms with Crippen LogP contribution in [0.3, 0.4) is 0 Å². The van der Waals surface area contributed by atoms with Gasteiger partial charge < -0.3 is 10.1 Å². The smallest absolute Gasteiger partial charge is 0.223 e. The molecule has 20 heavy (non-hydrogen) atoms. The summed E-state index contributed by atoms with van der Waals surface area (Å²) in [5.74, 6) is 1.35. The van der Waals surface area contributed by atoms with E-state index >= 15 is 0 Å². The number of aryl methyl sites for hydroxylation is 1. The zero-order valence-corrected chi connectivity index (χ0v) is 11.6. The van der Waals surface area contributed by atoms with Gasteiger partial charge in [0.25, 0.3) is 0 Å². The molecule has 0 saturated heterocycles. The van der Waals surface area contributed by atoms with E-state index < -0.39 is 0 Å². The summed E-state index contributed by atoms with van der Waals surface area (Å²) in [6.45, 7) is 2.29. The molecule has 0 bridgehead atoms. The van der Waals surface area contributed by atoms with Crippen molar-refractivity contribution in [2.24, 2.45) is 0 Å². The Morgan fingerprint density at radius 2 is 2.00 bits per heavy atom. The molecule has 0 aliphatic heterocycles. The number of nitrogens with one attached hydrogen (secondary N) is 1. The van der Waals surface area contributed by atoms with Crippen molar-refractivity contribution in [2.45, 2.75) is 13.3 Å². The molecule has 0 atom stereocenters. The lowest BCUT2D eigenvalue weighted by Gasteiger charge is -2.09. The lowest BCUT2D eigenvalue weighted by molar-refractivity contribution is 0.410. The molecule has 1 aromatic heterocycles. The minimum absolute atomic E-state index is 0.196. The van der Waals surface area contributed by atoms with Gasteiger partial charge in [0, 0.05) is 18.0 Å². The Bertz CT molecular complexity index is 617. The van der Waals surface area contributed by atoms with E-state index in [0.717, 1.165) is 28.9 Å². The standard InChI is InChI=1S/C15H16N4O/c1-3-11-8-12(4-5-14(11)20-2)13-9-18-15(19-10-13)17-7-6-16/h4-5,8-10H,3,7H2,1-2H3,(H,17,18,19). The number of ether oxygens (including phenoxy) is 1. The van der Waals surface area contributed by atoms with E-state index in [1.54, 1.807) is 19.5 Å². The Morgan fingerprint density at radius 1 is 1.25 bits per heavy atom. The Morgan fingerprint density at radius 3 is 2.60 bits per heavy atom. The van der Waals surface area contributed by atoms with Gasteiger partial charge in [-0.05, 0) is 29.7 Å². The van der Waals surface area contributed by atoms with Crippen LogP contribution in [0.15, 0.2) is 30.6 Å².